The van der Waals surface area contributed by atoms with Gasteiger partial charge in [-0.2, -0.15) is 0 Å². The van der Waals surface area contributed by atoms with Gasteiger partial charge in [0.05, 0.1) is 11.9 Å². The molecule has 16 heavy (non-hydrogen) atoms. The van der Waals surface area contributed by atoms with E-state index in [-0.39, 0.29) is 0 Å². The number of thiazole rings is 1. The minimum absolute atomic E-state index is 0.768. The minimum Gasteiger partial charge on any atom is -0.305 e. The van der Waals surface area contributed by atoms with E-state index in [2.05, 4.69) is 27.5 Å². The van der Waals surface area contributed by atoms with Gasteiger partial charge >= 0.3 is 0 Å². The molecule has 0 bridgehead atoms. The van der Waals surface area contributed by atoms with Crippen molar-refractivity contribution in [2.45, 2.75) is 26.4 Å². The standard InChI is InChI=1S/C10H15N5S/c1-3-9-6-12-10(16-9)7-11-4-8-5-13-14-15(8)2/h5-6,11H,3-4,7H2,1-2H3. The first-order chi connectivity index (χ1) is 7.79. The Hall–Kier alpha value is -1.27. The molecule has 0 atom stereocenters. The van der Waals surface area contributed by atoms with E-state index in [1.54, 1.807) is 22.2 Å². The van der Waals surface area contributed by atoms with Crippen LogP contribution in [0, 0.1) is 0 Å². The van der Waals surface area contributed by atoms with E-state index in [9.17, 15) is 0 Å². The van der Waals surface area contributed by atoms with Crippen LogP contribution in [-0.4, -0.2) is 20.0 Å². The molecule has 0 saturated heterocycles. The molecule has 0 amide bonds. The van der Waals surface area contributed by atoms with Crippen LogP contribution in [0.5, 0.6) is 0 Å². The third kappa shape index (κ3) is 2.65. The summed E-state index contributed by atoms with van der Waals surface area (Å²) in [6, 6.07) is 0. The highest BCUT2D eigenvalue weighted by Gasteiger charge is 2.02. The van der Waals surface area contributed by atoms with E-state index in [0.717, 1.165) is 30.2 Å². The van der Waals surface area contributed by atoms with Crippen LogP contribution in [0.3, 0.4) is 0 Å². The lowest BCUT2D eigenvalue weighted by Gasteiger charge is -2.01. The molecule has 2 rings (SSSR count). The number of rotatable bonds is 5. The SMILES string of the molecule is CCc1cnc(CNCc2cnnn2C)s1. The molecule has 0 radical (unpaired) electrons. The van der Waals surface area contributed by atoms with Gasteiger partial charge in [0, 0.05) is 31.2 Å². The summed E-state index contributed by atoms with van der Waals surface area (Å²) in [5.74, 6) is 0. The second-order valence-corrected chi connectivity index (χ2v) is 4.73. The van der Waals surface area contributed by atoms with E-state index in [1.807, 2.05) is 13.2 Å². The van der Waals surface area contributed by atoms with Crippen molar-refractivity contribution in [2.24, 2.45) is 7.05 Å². The maximum Gasteiger partial charge on any atom is 0.107 e. The van der Waals surface area contributed by atoms with Crippen LogP contribution in [0.1, 0.15) is 22.5 Å². The molecular weight excluding hydrogens is 222 g/mol. The highest BCUT2D eigenvalue weighted by Crippen LogP contribution is 2.12. The summed E-state index contributed by atoms with van der Waals surface area (Å²) >= 11 is 1.76. The molecule has 0 aliphatic carbocycles. The number of hydrogen-bond acceptors (Lipinski definition) is 5. The maximum absolute atomic E-state index is 4.35. The van der Waals surface area contributed by atoms with Gasteiger partial charge in [-0.1, -0.05) is 12.1 Å². The van der Waals surface area contributed by atoms with Gasteiger partial charge in [0.15, 0.2) is 0 Å². The van der Waals surface area contributed by atoms with Crippen LogP contribution in [-0.2, 0) is 26.6 Å². The van der Waals surface area contributed by atoms with Crippen LogP contribution < -0.4 is 5.32 Å². The van der Waals surface area contributed by atoms with E-state index in [0.29, 0.717) is 0 Å². The molecule has 0 fully saturated rings. The van der Waals surface area contributed by atoms with Gasteiger partial charge in [-0.25, -0.2) is 4.98 Å². The van der Waals surface area contributed by atoms with Crippen molar-refractivity contribution in [2.75, 3.05) is 0 Å². The average Bonchev–Trinajstić information content (AvgIpc) is 2.89. The Balaban J connectivity index is 1.82. The highest BCUT2D eigenvalue weighted by atomic mass is 32.1. The molecule has 86 valence electrons. The molecule has 2 aromatic heterocycles. The van der Waals surface area contributed by atoms with Gasteiger partial charge in [0.25, 0.3) is 0 Å². The molecule has 5 nitrogen and oxygen atoms in total. The molecule has 0 aliphatic heterocycles. The van der Waals surface area contributed by atoms with E-state index in [4.69, 9.17) is 0 Å². The highest BCUT2D eigenvalue weighted by molar-refractivity contribution is 7.11. The van der Waals surface area contributed by atoms with Crippen molar-refractivity contribution in [3.8, 4) is 0 Å². The fourth-order valence-electron chi connectivity index (χ4n) is 1.36. The second kappa shape index (κ2) is 5.18. The van der Waals surface area contributed by atoms with Crippen molar-refractivity contribution in [1.82, 2.24) is 25.3 Å². The van der Waals surface area contributed by atoms with Gasteiger partial charge in [-0.3, -0.25) is 4.68 Å². The van der Waals surface area contributed by atoms with E-state index >= 15 is 0 Å². The lowest BCUT2D eigenvalue weighted by Crippen LogP contribution is -2.15. The molecule has 1 N–H and O–H groups in total. The van der Waals surface area contributed by atoms with E-state index in [1.165, 1.54) is 4.88 Å². The molecule has 2 aromatic rings. The Morgan fingerprint density at radius 1 is 1.38 bits per heavy atom. The molecule has 0 spiro atoms. The summed E-state index contributed by atoms with van der Waals surface area (Å²) < 4.78 is 1.77. The number of aromatic nitrogens is 4. The van der Waals surface area contributed by atoms with Gasteiger partial charge < -0.3 is 5.32 Å². The Morgan fingerprint density at radius 2 is 2.25 bits per heavy atom. The zero-order valence-corrected chi connectivity index (χ0v) is 10.3. The van der Waals surface area contributed by atoms with Gasteiger partial charge in [-0.05, 0) is 6.42 Å². The summed E-state index contributed by atoms with van der Waals surface area (Å²) in [6.07, 6.45) is 4.78. The van der Waals surface area contributed by atoms with Crippen molar-refractivity contribution >= 4 is 11.3 Å². The third-order valence-corrected chi connectivity index (χ3v) is 3.48. The first-order valence-electron chi connectivity index (χ1n) is 5.27. The summed E-state index contributed by atoms with van der Waals surface area (Å²) in [7, 11) is 1.89. The van der Waals surface area contributed by atoms with Crippen molar-refractivity contribution in [1.29, 1.82) is 0 Å². The van der Waals surface area contributed by atoms with Crippen molar-refractivity contribution in [3.63, 3.8) is 0 Å². The van der Waals surface area contributed by atoms with E-state index < -0.39 is 0 Å². The number of aryl methyl sites for hydroxylation is 2. The minimum atomic E-state index is 0.768. The first kappa shape index (κ1) is 11.2. The first-order valence-corrected chi connectivity index (χ1v) is 6.09. The molecule has 2 heterocycles. The Bertz CT molecular complexity index is 448. The van der Waals surface area contributed by atoms with Crippen LogP contribution in [0.15, 0.2) is 12.4 Å². The van der Waals surface area contributed by atoms with Crippen molar-refractivity contribution in [3.05, 3.63) is 28.0 Å². The lowest BCUT2D eigenvalue weighted by molar-refractivity contribution is 0.615. The normalized spacial score (nSPS) is 10.9. The second-order valence-electron chi connectivity index (χ2n) is 3.53. The largest absolute Gasteiger partial charge is 0.305 e. The summed E-state index contributed by atoms with van der Waals surface area (Å²) in [4.78, 5) is 5.68. The third-order valence-electron chi connectivity index (χ3n) is 2.34. The molecule has 0 saturated carbocycles. The lowest BCUT2D eigenvalue weighted by atomic mass is 10.4. The average molecular weight is 237 g/mol. The fourth-order valence-corrected chi connectivity index (χ4v) is 2.19. The molecule has 0 aromatic carbocycles. The number of nitrogens with one attached hydrogen (secondary N) is 1. The molecule has 0 aliphatic rings. The monoisotopic (exact) mass is 237 g/mol. The summed E-state index contributed by atoms with van der Waals surface area (Å²) in [5.41, 5.74) is 1.08. The zero-order chi connectivity index (χ0) is 11.4. The van der Waals surface area contributed by atoms with Gasteiger partial charge in [0.2, 0.25) is 0 Å². The number of nitrogens with zero attached hydrogens (tertiary/aromatic N) is 4. The Morgan fingerprint density at radius 3 is 2.88 bits per heavy atom. The fraction of sp³-hybridized carbons (Fsp3) is 0.500. The van der Waals surface area contributed by atoms with Crippen LogP contribution >= 0.6 is 11.3 Å². The maximum atomic E-state index is 4.35. The molecule has 0 unspecified atom stereocenters. The quantitative estimate of drug-likeness (QED) is 0.847. The topological polar surface area (TPSA) is 55.6 Å². The number of hydrogen-bond donors (Lipinski definition) is 1. The van der Waals surface area contributed by atoms with Gasteiger partial charge in [0.1, 0.15) is 5.01 Å². The van der Waals surface area contributed by atoms with Gasteiger partial charge in [-0.15, -0.1) is 16.4 Å². The predicted octanol–water partition coefficient (Wildman–Crippen LogP) is 1.12. The van der Waals surface area contributed by atoms with Crippen LogP contribution in [0.4, 0.5) is 0 Å². The Labute approximate surface area is 98.5 Å². The summed E-state index contributed by atoms with van der Waals surface area (Å²) in [5, 5.41) is 12.2. The van der Waals surface area contributed by atoms with Crippen molar-refractivity contribution < 1.29 is 0 Å². The molecular formula is C10H15N5S. The van der Waals surface area contributed by atoms with Crippen LogP contribution in [0.2, 0.25) is 0 Å². The van der Waals surface area contributed by atoms with Crippen LogP contribution in [0.25, 0.3) is 0 Å². The zero-order valence-electron chi connectivity index (χ0n) is 9.47. The predicted molar refractivity (Wildman–Crippen MR) is 63.0 cm³/mol. The smallest absolute Gasteiger partial charge is 0.107 e. The summed E-state index contributed by atoms with van der Waals surface area (Å²) in [6.45, 7) is 3.71. The Kier molecular flexibility index (Phi) is 3.63. The molecule has 6 heteroatoms.